The molecule has 1 heterocycles. The molecule has 3 heteroatoms. The zero-order valence-corrected chi connectivity index (χ0v) is 9.94. The average Bonchev–Trinajstić information content (AvgIpc) is 2.64. The first-order valence-corrected chi connectivity index (χ1v) is 5.39. The van der Waals surface area contributed by atoms with Crippen molar-refractivity contribution in [2.45, 2.75) is 26.2 Å². The number of nitrogens with two attached hydrogens (primary N) is 1. The van der Waals surface area contributed by atoms with Crippen LogP contribution in [0.4, 0.5) is 5.82 Å². The molecule has 0 aliphatic rings. The van der Waals surface area contributed by atoms with Crippen molar-refractivity contribution in [3.8, 4) is 5.69 Å². The van der Waals surface area contributed by atoms with Crippen molar-refractivity contribution < 1.29 is 0 Å². The normalized spacial score (nSPS) is 11.7. The van der Waals surface area contributed by atoms with Crippen LogP contribution in [0.1, 0.15) is 26.3 Å². The first-order chi connectivity index (χ1) is 7.48. The lowest BCUT2D eigenvalue weighted by Crippen LogP contribution is -2.15. The summed E-state index contributed by atoms with van der Waals surface area (Å²) in [5, 5.41) is 4.25. The standard InChI is InChI=1S/C13H17N3/c1-13(2,3)10-6-4-5-7-11(10)16-9-8-12(14)15-16/h4-9H,1-3H3,(H2,14,15). The Bertz CT molecular complexity index is 492. The highest BCUT2D eigenvalue weighted by molar-refractivity contribution is 5.45. The number of anilines is 1. The number of benzene rings is 1. The highest BCUT2D eigenvalue weighted by atomic mass is 15.3. The van der Waals surface area contributed by atoms with Gasteiger partial charge in [0, 0.05) is 12.3 Å². The monoisotopic (exact) mass is 215 g/mol. The van der Waals surface area contributed by atoms with Crippen LogP contribution in [0.5, 0.6) is 0 Å². The third-order valence-corrected chi connectivity index (χ3v) is 2.57. The van der Waals surface area contributed by atoms with E-state index in [2.05, 4.69) is 44.1 Å². The van der Waals surface area contributed by atoms with Crippen molar-refractivity contribution in [2.24, 2.45) is 0 Å². The Morgan fingerprint density at radius 2 is 1.81 bits per heavy atom. The van der Waals surface area contributed by atoms with E-state index in [9.17, 15) is 0 Å². The Morgan fingerprint density at radius 3 is 2.38 bits per heavy atom. The maximum atomic E-state index is 5.64. The third-order valence-electron chi connectivity index (χ3n) is 2.57. The number of rotatable bonds is 1. The van der Waals surface area contributed by atoms with Gasteiger partial charge in [0.25, 0.3) is 0 Å². The summed E-state index contributed by atoms with van der Waals surface area (Å²) < 4.78 is 1.83. The molecule has 2 N–H and O–H groups in total. The van der Waals surface area contributed by atoms with E-state index < -0.39 is 0 Å². The molecule has 0 aliphatic heterocycles. The largest absolute Gasteiger partial charge is 0.382 e. The number of hydrogen-bond acceptors (Lipinski definition) is 2. The van der Waals surface area contributed by atoms with Crippen molar-refractivity contribution in [1.29, 1.82) is 0 Å². The van der Waals surface area contributed by atoms with Gasteiger partial charge in [-0.05, 0) is 17.0 Å². The van der Waals surface area contributed by atoms with Gasteiger partial charge in [-0.15, -0.1) is 0 Å². The topological polar surface area (TPSA) is 43.8 Å². The first kappa shape index (κ1) is 10.7. The molecule has 1 aromatic heterocycles. The van der Waals surface area contributed by atoms with E-state index in [0.29, 0.717) is 5.82 Å². The van der Waals surface area contributed by atoms with Gasteiger partial charge in [0.05, 0.1) is 5.69 Å². The number of para-hydroxylation sites is 1. The Balaban J connectivity index is 2.57. The quantitative estimate of drug-likeness (QED) is 0.795. The summed E-state index contributed by atoms with van der Waals surface area (Å²) in [6.45, 7) is 6.58. The van der Waals surface area contributed by atoms with Crippen LogP contribution in [0, 0.1) is 0 Å². The van der Waals surface area contributed by atoms with Crippen molar-refractivity contribution in [3.05, 3.63) is 42.1 Å². The van der Waals surface area contributed by atoms with Crippen LogP contribution >= 0.6 is 0 Å². The van der Waals surface area contributed by atoms with Crippen molar-refractivity contribution in [3.63, 3.8) is 0 Å². The van der Waals surface area contributed by atoms with Crippen LogP contribution in [-0.4, -0.2) is 9.78 Å². The predicted octanol–water partition coefficient (Wildman–Crippen LogP) is 2.75. The van der Waals surface area contributed by atoms with Gasteiger partial charge in [-0.3, -0.25) is 0 Å². The van der Waals surface area contributed by atoms with Gasteiger partial charge in [-0.25, -0.2) is 4.68 Å². The maximum Gasteiger partial charge on any atom is 0.145 e. The fraction of sp³-hybridized carbons (Fsp3) is 0.308. The van der Waals surface area contributed by atoms with Crippen LogP contribution < -0.4 is 5.73 Å². The average molecular weight is 215 g/mol. The summed E-state index contributed by atoms with van der Waals surface area (Å²) in [5.74, 6) is 0.545. The molecule has 2 aromatic rings. The predicted molar refractivity (Wildman–Crippen MR) is 66.7 cm³/mol. The molecule has 0 radical (unpaired) electrons. The molecule has 0 fully saturated rings. The minimum Gasteiger partial charge on any atom is -0.382 e. The van der Waals surface area contributed by atoms with Gasteiger partial charge < -0.3 is 5.73 Å². The van der Waals surface area contributed by atoms with Crippen LogP contribution in [0.15, 0.2) is 36.5 Å². The van der Waals surface area contributed by atoms with Crippen LogP contribution in [0.3, 0.4) is 0 Å². The minimum absolute atomic E-state index is 0.0945. The Hall–Kier alpha value is -1.77. The van der Waals surface area contributed by atoms with E-state index in [1.165, 1.54) is 5.56 Å². The Morgan fingerprint density at radius 1 is 1.12 bits per heavy atom. The second-order valence-corrected chi connectivity index (χ2v) is 4.95. The summed E-state index contributed by atoms with van der Waals surface area (Å²) in [4.78, 5) is 0. The van der Waals surface area contributed by atoms with E-state index in [-0.39, 0.29) is 5.41 Å². The number of hydrogen-bond donors (Lipinski definition) is 1. The van der Waals surface area contributed by atoms with E-state index in [0.717, 1.165) is 5.69 Å². The summed E-state index contributed by atoms with van der Waals surface area (Å²) >= 11 is 0. The smallest absolute Gasteiger partial charge is 0.145 e. The molecule has 0 spiro atoms. The van der Waals surface area contributed by atoms with E-state index in [4.69, 9.17) is 5.73 Å². The molecule has 84 valence electrons. The molecule has 0 aliphatic carbocycles. The minimum atomic E-state index is 0.0945. The molecule has 16 heavy (non-hydrogen) atoms. The Kier molecular flexibility index (Phi) is 2.46. The lowest BCUT2D eigenvalue weighted by Gasteiger charge is -2.22. The molecule has 2 rings (SSSR count). The molecule has 1 aromatic carbocycles. The molecule has 0 amide bonds. The number of nitrogen functional groups attached to an aromatic ring is 1. The first-order valence-electron chi connectivity index (χ1n) is 5.39. The second kappa shape index (κ2) is 3.67. The zero-order chi connectivity index (χ0) is 11.8. The molecule has 0 saturated heterocycles. The fourth-order valence-electron chi connectivity index (χ4n) is 1.78. The van der Waals surface area contributed by atoms with Gasteiger partial charge in [0.1, 0.15) is 5.82 Å². The van der Waals surface area contributed by atoms with E-state index in [1.807, 2.05) is 16.9 Å². The third kappa shape index (κ3) is 1.94. The van der Waals surface area contributed by atoms with Crippen molar-refractivity contribution in [2.75, 3.05) is 5.73 Å². The van der Waals surface area contributed by atoms with E-state index >= 15 is 0 Å². The molecule has 3 nitrogen and oxygen atoms in total. The summed E-state index contributed by atoms with van der Waals surface area (Å²) in [5.41, 5.74) is 8.09. The second-order valence-electron chi connectivity index (χ2n) is 4.95. The van der Waals surface area contributed by atoms with Gasteiger partial charge in [-0.1, -0.05) is 39.0 Å². The van der Waals surface area contributed by atoms with Crippen molar-refractivity contribution in [1.82, 2.24) is 9.78 Å². The fourth-order valence-corrected chi connectivity index (χ4v) is 1.78. The van der Waals surface area contributed by atoms with Crippen LogP contribution in [0.2, 0.25) is 0 Å². The highest BCUT2D eigenvalue weighted by Crippen LogP contribution is 2.27. The van der Waals surface area contributed by atoms with Crippen molar-refractivity contribution >= 4 is 5.82 Å². The van der Waals surface area contributed by atoms with Crippen LogP contribution in [0.25, 0.3) is 5.69 Å². The molecule has 0 atom stereocenters. The lowest BCUT2D eigenvalue weighted by atomic mass is 9.86. The van der Waals surface area contributed by atoms with Gasteiger partial charge >= 0.3 is 0 Å². The number of nitrogens with zero attached hydrogens (tertiary/aromatic N) is 2. The Labute approximate surface area is 95.9 Å². The molecule has 0 unspecified atom stereocenters. The molecular formula is C13H17N3. The van der Waals surface area contributed by atoms with E-state index in [1.54, 1.807) is 6.07 Å². The number of aromatic nitrogens is 2. The SMILES string of the molecule is CC(C)(C)c1ccccc1-n1ccc(N)n1. The van der Waals surface area contributed by atoms with Gasteiger partial charge in [-0.2, -0.15) is 5.10 Å². The highest BCUT2D eigenvalue weighted by Gasteiger charge is 2.18. The molecule has 0 saturated carbocycles. The van der Waals surface area contributed by atoms with Crippen LogP contribution in [-0.2, 0) is 5.41 Å². The summed E-state index contributed by atoms with van der Waals surface area (Å²) in [6.07, 6.45) is 1.89. The maximum absolute atomic E-state index is 5.64. The summed E-state index contributed by atoms with van der Waals surface area (Å²) in [7, 11) is 0. The molecular weight excluding hydrogens is 198 g/mol. The lowest BCUT2D eigenvalue weighted by molar-refractivity contribution is 0.583. The molecule has 0 bridgehead atoms. The zero-order valence-electron chi connectivity index (χ0n) is 9.94. The van der Waals surface area contributed by atoms with Gasteiger partial charge in [0.2, 0.25) is 0 Å². The summed E-state index contributed by atoms with van der Waals surface area (Å²) in [6, 6.07) is 10.1. The van der Waals surface area contributed by atoms with Gasteiger partial charge in [0.15, 0.2) is 0 Å².